The summed E-state index contributed by atoms with van der Waals surface area (Å²) < 4.78 is -0.620. The summed E-state index contributed by atoms with van der Waals surface area (Å²) in [5.41, 5.74) is 5.67. The highest BCUT2D eigenvalue weighted by Gasteiger charge is 2.59. The van der Waals surface area contributed by atoms with Gasteiger partial charge in [0.1, 0.15) is 12.1 Å². The number of carboxylic acids is 1. The summed E-state index contributed by atoms with van der Waals surface area (Å²) >= 11 is 0. The largest absolute Gasteiger partial charge is 0.477 e. The van der Waals surface area contributed by atoms with Crippen molar-refractivity contribution in [1.82, 2.24) is 5.32 Å². The van der Waals surface area contributed by atoms with Crippen molar-refractivity contribution in [3.05, 3.63) is 0 Å². The van der Waals surface area contributed by atoms with Gasteiger partial charge in [0, 0.05) is 12.8 Å². The number of quaternary nitrogens is 1. The first-order valence-electron chi connectivity index (χ1n) is 7.09. The van der Waals surface area contributed by atoms with Crippen LogP contribution >= 0.6 is 0 Å². The summed E-state index contributed by atoms with van der Waals surface area (Å²) in [5, 5.41) is 12.5. The van der Waals surface area contributed by atoms with E-state index in [-0.39, 0.29) is 12.5 Å². The van der Waals surface area contributed by atoms with Crippen LogP contribution in [0.1, 0.15) is 32.6 Å². The molecule has 0 aliphatic carbocycles. The standard InChI is InChI=1S/C13H21N3O4/c1-8(14)11(17)16(7-3-5-10(16)13(19)20)12(18)9-4-2-6-15-9/h8-10,15H,2-7,14H2,1H3/p+1/t8-,9-,10-,16?/m0/s1. The summed E-state index contributed by atoms with van der Waals surface area (Å²) in [6.45, 7) is 2.48. The first kappa shape index (κ1) is 15.1. The summed E-state index contributed by atoms with van der Waals surface area (Å²) in [5.74, 6) is -1.90. The van der Waals surface area contributed by atoms with Crippen LogP contribution in [0.3, 0.4) is 0 Å². The molecule has 7 nitrogen and oxygen atoms in total. The lowest BCUT2D eigenvalue weighted by molar-refractivity contribution is -0.784. The van der Waals surface area contributed by atoms with Crippen LogP contribution in [0.4, 0.5) is 0 Å². The van der Waals surface area contributed by atoms with Crippen LogP contribution in [0.5, 0.6) is 0 Å². The molecular formula is C13H22N3O4+. The number of imide groups is 1. The average molecular weight is 284 g/mol. The van der Waals surface area contributed by atoms with Gasteiger partial charge in [-0.05, 0) is 26.3 Å². The molecule has 2 fully saturated rings. The Labute approximate surface area is 117 Å². The molecule has 0 radical (unpaired) electrons. The van der Waals surface area contributed by atoms with Crippen LogP contribution in [-0.2, 0) is 14.4 Å². The molecule has 0 aromatic rings. The number of hydrogen-bond donors (Lipinski definition) is 3. The Balaban J connectivity index is 2.40. The van der Waals surface area contributed by atoms with Crippen molar-refractivity contribution in [3.8, 4) is 0 Å². The first-order chi connectivity index (χ1) is 9.41. The molecule has 2 aliphatic heterocycles. The van der Waals surface area contributed by atoms with Gasteiger partial charge in [0.25, 0.3) is 0 Å². The number of nitrogens with one attached hydrogen (secondary N) is 1. The van der Waals surface area contributed by atoms with E-state index in [4.69, 9.17) is 5.73 Å². The molecule has 20 heavy (non-hydrogen) atoms. The molecule has 4 atom stereocenters. The number of hydrogen-bond acceptors (Lipinski definition) is 5. The second kappa shape index (κ2) is 5.59. The highest BCUT2D eigenvalue weighted by atomic mass is 16.4. The van der Waals surface area contributed by atoms with Crippen molar-refractivity contribution >= 4 is 17.8 Å². The lowest BCUT2D eigenvalue weighted by Gasteiger charge is -2.35. The number of nitrogens with zero attached hydrogens (tertiary/aromatic N) is 1. The van der Waals surface area contributed by atoms with E-state index in [1.165, 1.54) is 6.92 Å². The predicted octanol–water partition coefficient (Wildman–Crippen LogP) is -0.797. The number of nitrogens with two attached hydrogens (primary N) is 1. The molecule has 4 N–H and O–H groups in total. The van der Waals surface area contributed by atoms with Gasteiger partial charge in [0.15, 0.2) is 0 Å². The van der Waals surface area contributed by atoms with Gasteiger partial charge in [-0.2, -0.15) is 4.48 Å². The molecule has 0 bridgehead atoms. The molecule has 7 heteroatoms. The maximum absolute atomic E-state index is 12.8. The number of aliphatic carboxylic acids is 1. The molecule has 0 aromatic carbocycles. The zero-order valence-electron chi connectivity index (χ0n) is 11.7. The van der Waals surface area contributed by atoms with E-state index in [0.717, 1.165) is 13.0 Å². The van der Waals surface area contributed by atoms with Crippen molar-refractivity contribution in [1.29, 1.82) is 0 Å². The maximum atomic E-state index is 12.8. The van der Waals surface area contributed by atoms with Gasteiger partial charge in [-0.3, -0.25) is 0 Å². The number of carboxylic acid groups (broad SMARTS) is 1. The number of likely N-dealkylation sites (tertiary alicyclic amines) is 1. The van der Waals surface area contributed by atoms with E-state index in [0.29, 0.717) is 19.3 Å². The van der Waals surface area contributed by atoms with Crippen LogP contribution in [-0.4, -0.2) is 58.6 Å². The van der Waals surface area contributed by atoms with Crippen molar-refractivity contribution in [3.63, 3.8) is 0 Å². The molecule has 2 rings (SSSR count). The molecule has 2 saturated heterocycles. The SMILES string of the molecule is C[C@H](N)C(=O)[N+]1(C(=O)[C@@H]2CCCN2)CCC[C@H]1C(=O)O. The Kier molecular flexibility index (Phi) is 4.22. The van der Waals surface area contributed by atoms with E-state index in [2.05, 4.69) is 5.32 Å². The summed E-state index contributed by atoms with van der Waals surface area (Å²) in [4.78, 5) is 36.8. The minimum atomic E-state index is -1.09. The number of rotatable bonds is 3. The molecule has 112 valence electrons. The topological polar surface area (TPSA) is 109 Å². The normalized spacial score (nSPS) is 34.9. The Morgan fingerprint density at radius 2 is 2.00 bits per heavy atom. The predicted molar refractivity (Wildman–Crippen MR) is 70.5 cm³/mol. The Bertz CT molecular complexity index is 431. The first-order valence-corrected chi connectivity index (χ1v) is 7.09. The maximum Gasteiger partial charge on any atom is 0.363 e. The molecule has 0 spiro atoms. The van der Waals surface area contributed by atoms with Crippen molar-refractivity contribution < 1.29 is 24.0 Å². The van der Waals surface area contributed by atoms with Crippen LogP contribution in [0, 0.1) is 0 Å². The van der Waals surface area contributed by atoms with Crippen LogP contribution in [0.2, 0.25) is 0 Å². The lowest BCUT2D eigenvalue weighted by Crippen LogP contribution is -2.69. The molecular weight excluding hydrogens is 262 g/mol. The van der Waals surface area contributed by atoms with Gasteiger partial charge in [0.2, 0.25) is 6.04 Å². The van der Waals surface area contributed by atoms with Gasteiger partial charge in [-0.15, -0.1) is 0 Å². The van der Waals surface area contributed by atoms with Crippen molar-refractivity contribution in [2.45, 2.75) is 50.7 Å². The highest BCUT2D eigenvalue weighted by Crippen LogP contribution is 2.31. The van der Waals surface area contributed by atoms with Crippen molar-refractivity contribution in [2.24, 2.45) is 5.73 Å². The second-order valence-electron chi connectivity index (χ2n) is 5.70. The minimum Gasteiger partial charge on any atom is -0.477 e. The molecule has 0 aromatic heterocycles. The molecule has 2 aliphatic rings. The molecule has 1 unspecified atom stereocenters. The summed E-state index contributed by atoms with van der Waals surface area (Å²) in [6.07, 6.45) is 2.40. The van der Waals surface area contributed by atoms with E-state index in [1.807, 2.05) is 0 Å². The van der Waals surface area contributed by atoms with E-state index in [9.17, 15) is 19.5 Å². The van der Waals surface area contributed by atoms with Gasteiger partial charge < -0.3 is 16.2 Å². The van der Waals surface area contributed by atoms with Gasteiger partial charge in [0.05, 0.1) is 6.54 Å². The quantitative estimate of drug-likeness (QED) is 0.586. The third-order valence-corrected chi connectivity index (χ3v) is 4.34. The molecule has 2 heterocycles. The zero-order valence-corrected chi connectivity index (χ0v) is 11.7. The number of amides is 2. The van der Waals surface area contributed by atoms with Crippen LogP contribution in [0.15, 0.2) is 0 Å². The monoisotopic (exact) mass is 284 g/mol. The molecule has 2 amide bonds. The van der Waals surface area contributed by atoms with Crippen LogP contribution < -0.4 is 11.1 Å². The Morgan fingerprint density at radius 3 is 2.50 bits per heavy atom. The Morgan fingerprint density at radius 1 is 1.30 bits per heavy atom. The van der Waals surface area contributed by atoms with E-state index in [1.54, 1.807) is 0 Å². The zero-order chi connectivity index (χ0) is 14.9. The van der Waals surface area contributed by atoms with Crippen molar-refractivity contribution in [2.75, 3.05) is 13.1 Å². The number of carbonyl (C=O) groups excluding carboxylic acids is 2. The van der Waals surface area contributed by atoms with Gasteiger partial charge >= 0.3 is 17.8 Å². The lowest BCUT2D eigenvalue weighted by atomic mass is 10.1. The Hall–Kier alpha value is -1.31. The second-order valence-corrected chi connectivity index (χ2v) is 5.70. The average Bonchev–Trinajstić information content (AvgIpc) is 3.06. The molecule has 0 saturated carbocycles. The third kappa shape index (κ3) is 2.25. The number of carbonyl (C=O) groups is 3. The van der Waals surface area contributed by atoms with E-state index >= 15 is 0 Å². The van der Waals surface area contributed by atoms with Gasteiger partial charge in [-0.1, -0.05) is 0 Å². The highest BCUT2D eigenvalue weighted by molar-refractivity contribution is 5.93. The third-order valence-electron chi connectivity index (χ3n) is 4.34. The fourth-order valence-electron chi connectivity index (χ4n) is 3.40. The summed E-state index contributed by atoms with van der Waals surface area (Å²) in [7, 11) is 0. The fourth-order valence-corrected chi connectivity index (χ4v) is 3.40. The minimum absolute atomic E-state index is 0.244. The van der Waals surface area contributed by atoms with E-state index < -0.39 is 34.5 Å². The fraction of sp³-hybridized carbons (Fsp3) is 0.769. The smallest absolute Gasteiger partial charge is 0.363 e. The van der Waals surface area contributed by atoms with Gasteiger partial charge in [-0.25, -0.2) is 14.4 Å². The summed E-state index contributed by atoms with van der Waals surface area (Å²) in [6, 6.07) is -2.28. The van der Waals surface area contributed by atoms with Crippen LogP contribution in [0.25, 0.3) is 0 Å².